The summed E-state index contributed by atoms with van der Waals surface area (Å²) in [7, 11) is 6.70. The van der Waals surface area contributed by atoms with Crippen molar-refractivity contribution in [3.05, 3.63) is 35.0 Å². The number of hydrogen-bond donors (Lipinski definition) is 2. The summed E-state index contributed by atoms with van der Waals surface area (Å²) in [6.45, 7) is 2.99. The Hall–Kier alpha value is -2.90. The first-order valence-electron chi connectivity index (χ1n) is 8.37. The minimum absolute atomic E-state index is 0.354. The smallest absolute Gasteiger partial charge is 0.216 e. The van der Waals surface area contributed by atoms with Crippen molar-refractivity contribution in [2.24, 2.45) is 17.8 Å². The second-order valence-electron chi connectivity index (χ2n) is 5.66. The number of methoxy groups -OCH3 is 3. The lowest BCUT2D eigenvalue weighted by molar-refractivity contribution is 0.354. The molecule has 0 atom stereocenters. The number of guanidine groups is 1. The van der Waals surface area contributed by atoms with E-state index in [0.717, 1.165) is 29.1 Å². The maximum Gasteiger partial charge on any atom is 0.216 e. The van der Waals surface area contributed by atoms with Gasteiger partial charge in [0.05, 0.1) is 45.7 Å². The van der Waals surface area contributed by atoms with E-state index in [9.17, 15) is 0 Å². The largest absolute Gasteiger partial charge is 0.493 e. The molecule has 26 heavy (non-hydrogen) atoms. The molecule has 3 N–H and O–H groups in total. The molecule has 0 radical (unpaired) electrons. The lowest BCUT2D eigenvalue weighted by atomic mass is 10.2. The van der Waals surface area contributed by atoms with E-state index < -0.39 is 0 Å². The van der Waals surface area contributed by atoms with Crippen molar-refractivity contribution in [2.45, 2.75) is 26.4 Å². The summed E-state index contributed by atoms with van der Waals surface area (Å²) in [5.41, 5.74) is 8.94. The Morgan fingerprint density at radius 1 is 1.19 bits per heavy atom. The van der Waals surface area contributed by atoms with Crippen LogP contribution in [0.25, 0.3) is 0 Å². The summed E-state index contributed by atoms with van der Waals surface area (Å²) >= 11 is 0. The molecular weight excluding hydrogens is 334 g/mol. The molecule has 0 spiro atoms. The fourth-order valence-electron chi connectivity index (χ4n) is 2.71. The van der Waals surface area contributed by atoms with Crippen LogP contribution in [0.15, 0.2) is 23.2 Å². The number of hydrogen-bond acceptors (Lipinski definition) is 5. The number of benzene rings is 1. The number of rotatable bonds is 8. The van der Waals surface area contributed by atoms with E-state index in [1.807, 2.05) is 25.2 Å². The number of ether oxygens (including phenoxy) is 3. The Balaban J connectivity index is 2.03. The maximum absolute atomic E-state index is 6.00. The van der Waals surface area contributed by atoms with E-state index in [1.165, 1.54) is 0 Å². The van der Waals surface area contributed by atoms with E-state index in [4.69, 9.17) is 19.9 Å². The quantitative estimate of drug-likeness (QED) is 0.548. The molecule has 2 rings (SSSR count). The Bertz CT molecular complexity index is 770. The highest BCUT2D eigenvalue weighted by atomic mass is 16.5. The SMILES string of the molecule is CCc1nn(C)c(OC)c1CNC(N)=NCc1ccc(OC)c(OC)c1. The molecule has 142 valence electrons. The third-order valence-corrected chi connectivity index (χ3v) is 4.03. The Labute approximate surface area is 154 Å². The summed E-state index contributed by atoms with van der Waals surface area (Å²) in [6, 6.07) is 5.66. The average Bonchev–Trinajstić information content (AvgIpc) is 2.98. The number of nitrogens with one attached hydrogen (secondary N) is 1. The average molecular weight is 361 g/mol. The van der Waals surface area contributed by atoms with E-state index in [2.05, 4.69) is 22.3 Å². The summed E-state index contributed by atoms with van der Waals surface area (Å²) < 4.78 is 17.7. The second kappa shape index (κ2) is 8.98. The molecule has 0 bridgehead atoms. The van der Waals surface area contributed by atoms with Gasteiger partial charge in [0.2, 0.25) is 5.88 Å². The highest BCUT2D eigenvalue weighted by Crippen LogP contribution is 2.27. The third kappa shape index (κ3) is 4.38. The molecule has 1 heterocycles. The van der Waals surface area contributed by atoms with Gasteiger partial charge < -0.3 is 25.3 Å². The molecule has 0 aliphatic carbocycles. The summed E-state index contributed by atoms with van der Waals surface area (Å²) in [5, 5.41) is 7.57. The first-order chi connectivity index (χ1) is 12.5. The van der Waals surface area contributed by atoms with Gasteiger partial charge in [-0.05, 0) is 24.1 Å². The van der Waals surface area contributed by atoms with Crippen LogP contribution in [0.4, 0.5) is 0 Å². The van der Waals surface area contributed by atoms with E-state index in [1.54, 1.807) is 26.0 Å². The lowest BCUT2D eigenvalue weighted by Crippen LogP contribution is -2.31. The van der Waals surface area contributed by atoms with Crippen molar-refractivity contribution < 1.29 is 14.2 Å². The van der Waals surface area contributed by atoms with Crippen LogP contribution in [-0.4, -0.2) is 37.1 Å². The molecule has 0 aliphatic rings. The van der Waals surface area contributed by atoms with Gasteiger partial charge >= 0.3 is 0 Å². The van der Waals surface area contributed by atoms with Gasteiger partial charge in [-0.2, -0.15) is 5.10 Å². The standard InChI is InChI=1S/C18H27N5O3/c1-6-14-13(17(26-5)23(2)22-14)11-21-18(19)20-10-12-7-8-15(24-3)16(9-12)25-4/h7-9H,6,10-11H2,1-5H3,(H3,19,20,21). The van der Waals surface area contributed by atoms with E-state index >= 15 is 0 Å². The minimum Gasteiger partial charge on any atom is -0.493 e. The molecule has 0 saturated carbocycles. The molecule has 8 heteroatoms. The molecule has 0 saturated heterocycles. The van der Waals surface area contributed by atoms with Crippen molar-refractivity contribution in [1.29, 1.82) is 0 Å². The van der Waals surface area contributed by atoms with Crippen LogP contribution in [0, 0.1) is 0 Å². The monoisotopic (exact) mass is 361 g/mol. The fourth-order valence-corrected chi connectivity index (χ4v) is 2.71. The van der Waals surface area contributed by atoms with Gasteiger partial charge in [-0.3, -0.25) is 0 Å². The zero-order chi connectivity index (χ0) is 19.1. The number of nitrogens with two attached hydrogens (primary N) is 1. The fraction of sp³-hybridized carbons (Fsp3) is 0.444. The van der Waals surface area contributed by atoms with Crippen molar-refractivity contribution in [2.75, 3.05) is 21.3 Å². The third-order valence-electron chi connectivity index (χ3n) is 4.03. The van der Waals surface area contributed by atoms with Gasteiger partial charge in [0.15, 0.2) is 17.5 Å². The molecule has 1 aromatic heterocycles. The van der Waals surface area contributed by atoms with Crippen LogP contribution in [0.5, 0.6) is 17.4 Å². The van der Waals surface area contributed by atoms with E-state index in [-0.39, 0.29) is 0 Å². The number of aryl methyl sites for hydroxylation is 2. The predicted octanol–water partition coefficient (Wildman–Crippen LogP) is 1.61. The number of nitrogens with zero attached hydrogens (tertiary/aromatic N) is 3. The highest BCUT2D eigenvalue weighted by Gasteiger charge is 2.15. The van der Waals surface area contributed by atoms with Gasteiger partial charge in [-0.25, -0.2) is 9.67 Å². The minimum atomic E-state index is 0.354. The van der Waals surface area contributed by atoms with Gasteiger partial charge in [-0.1, -0.05) is 13.0 Å². The topological polar surface area (TPSA) is 95.9 Å². The number of aliphatic imine (C=N–C) groups is 1. The Morgan fingerprint density at radius 2 is 1.92 bits per heavy atom. The molecule has 1 aromatic carbocycles. The first kappa shape index (κ1) is 19.4. The van der Waals surface area contributed by atoms with Crippen molar-refractivity contribution >= 4 is 5.96 Å². The van der Waals surface area contributed by atoms with Crippen LogP contribution in [0.3, 0.4) is 0 Å². The normalized spacial score (nSPS) is 11.3. The second-order valence-corrected chi connectivity index (χ2v) is 5.66. The first-order valence-corrected chi connectivity index (χ1v) is 8.37. The molecule has 0 fully saturated rings. The van der Waals surface area contributed by atoms with Crippen LogP contribution in [0.2, 0.25) is 0 Å². The van der Waals surface area contributed by atoms with Crippen LogP contribution in [-0.2, 0) is 26.6 Å². The van der Waals surface area contributed by atoms with Gasteiger partial charge in [-0.15, -0.1) is 0 Å². The van der Waals surface area contributed by atoms with Gasteiger partial charge in [0.1, 0.15) is 0 Å². The van der Waals surface area contributed by atoms with Crippen molar-refractivity contribution in [3.63, 3.8) is 0 Å². The van der Waals surface area contributed by atoms with Crippen molar-refractivity contribution in [3.8, 4) is 17.4 Å². The molecule has 8 nitrogen and oxygen atoms in total. The Morgan fingerprint density at radius 3 is 2.54 bits per heavy atom. The summed E-state index contributed by atoms with van der Waals surface area (Å²) in [6.07, 6.45) is 0.816. The molecule has 0 unspecified atom stereocenters. The predicted molar refractivity (Wildman–Crippen MR) is 101 cm³/mol. The molecule has 0 aliphatic heterocycles. The van der Waals surface area contributed by atoms with E-state index in [0.29, 0.717) is 30.5 Å². The summed E-state index contributed by atoms with van der Waals surface area (Å²) in [4.78, 5) is 4.38. The van der Waals surface area contributed by atoms with Crippen LogP contribution >= 0.6 is 0 Å². The summed E-state index contributed by atoms with van der Waals surface area (Å²) in [5.74, 6) is 2.43. The Kier molecular flexibility index (Phi) is 6.71. The molecule has 0 amide bonds. The van der Waals surface area contributed by atoms with Gasteiger partial charge in [0.25, 0.3) is 0 Å². The zero-order valence-corrected chi connectivity index (χ0v) is 16.0. The van der Waals surface area contributed by atoms with Crippen molar-refractivity contribution in [1.82, 2.24) is 15.1 Å². The highest BCUT2D eigenvalue weighted by molar-refractivity contribution is 5.77. The van der Waals surface area contributed by atoms with Crippen LogP contribution < -0.4 is 25.3 Å². The maximum atomic E-state index is 6.00. The molecular formula is C18H27N5O3. The molecule has 2 aromatic rings. The van der Waals surface area contributed by atoms with Gasteiger partial charge in [0, 0.05) is 7.05 Å². The zero-order valence-electron chi connectivity index (χ0n) is 16.0. The number of aromatic nitrogens is 2. The lowest BCUT2D eigenvalue weighted by Gasteiger charge is -2.10. The van der Waals surface area contributed by atoms with Crippen LogP contribution in [0.1, 0.15) is 23.7 Å².